The molecule has 0 N–H and O–H groups in total. The highest BCUT2D eigenvalue weighted by molar-refractivity contribution is 5.89. The number of piperidine rings is 1. The van der Waals surface area contributed by atoms with Gasteiger partial charge in [-0.05, 0) is 11.6 Å². The number of hydrogen-bond acceptors (Lipinski definition) is 4. The molecule has 1 aromatic carbocycles. The Morgan fingerprint density at radius 2 is 2.04 bits per heavy atom. The van der Waals surface area contributed by atoms with Crippen molar-refractivity contribution in [3.63, 3.8) is 0 Å². The summed E-state index contributed by atoms with van der Waals surface area (Å²) in [4.78, 5) is 22.8. The lowest BCUT2D eigenvalue weighted by Crippen LogP contribution is -2.42. The molecular weight excluding hydrogens is 328 g/mol. The largest absolute Gasteiger partial charge is 0.473 e. The monoisotopic (exact) mass is 350 g/mol. The van der Waals surface area contributed by atoms with Crippen LogP contribution in [-0.4, -0.2) is 44.5 Å². The first-order valence-corrected chi connectivity index (χ1v) is 8.94. The zero-order valence-electron chi connectivity index (χ0n) is 14.8. The minimum Gasteiger partial charge on any atom is -0.473 e. The molecular formula is C20H22N4O2. The minimum absolute atomic E-state index is 0.0910. The predicted molar refractivity (Wildman–Crippen MR) is 98.9 cm³/mol. The van der Waals surface area contributed by atoms with E-state index >= 15 is 0 Å². The Hall–Kier alpha value is -2.89. The van der Waals surface area contributed by atoms with Gasteiger partial charge in [-0.15, -0.1) is 0 Å². The van der Waals surface area contributed by atoms with Gasteiger partial charge in [-0.3, -0.25) is 9.78 Å². The topological polar surface area (TPSA) is 60.2 Å². The first-order chi connectivity index (χ1) is 12.7. The summed E-state index contributed by atoms with van der Waals surface area (Å²) in [5.74, 6) is 0.729. The fourth-order valence-electron chi connectivity index (χ4n) is 3.58. The summed E-state index contributed by atoms with van der Waals surface area (Å²) in [6.07, 6.45) is 9.10. The molecule has 0 atom stereocenters. The molecule has 3 aromatic rings. The molecule has 3 heterocycles. The molecule has 1 amide bonds. The zero-order chi connectivity index (χ0) is 17.9. The molecule has 4 rings (SSSR count). The smallest absolute Gasteiger partial charge is 0.232 e. The van der Waals surface area contributed by atoms with Gasteiger partial charge in [0, 0.05) is 62.5 Å². The van der Waals surface area contributed by atoms with Crippen molar-refractivity contribution < 1.29 is 9.53 Å². The van der Waals surface area contributed by atoms with Crippen LogP contribution in [0.1, 0.15) is 18.4 Å². The summed E-state index contributed by atoms with van der Waals surface area (Å²) in [6.45, 7) is 1.43. The molecule has 1 fully saturated rings. The maximum Gasteiger partial charge on any atom is 0.232 e. The molecule has 0 unspecified atom stereocenters. The number of aromatic nitrogens is 3. The number of hydrogen-bond donors (Lipinski definition) is 0. The van der Waals surface area contributed by atoms with E-state index in [2.05, 4.69) is 32.9 Å². The first-order valence-electron chi connectivity index (χ1n) is 8.94. The molecule has 6 heteroatoms. The Balaban J connectivity index is 1.36. The van der Waals surface area contributed by atoms with Crippen LogP contribution in [0, 0.1) is 0 Å². The number of nitrogens with zero attached hydrogens (tertiary/aromatic N) is 4. The molecule has 6 nitrogen and oxygen atoms in total. The summed E-state index contributed by atoms with van der Waals surface area (Å²) in [5.41, 5.74) is 2.25. The average molecular weight is 350 g/mol. The number of benzene rings is 1. The molecule has 26 heavy (non-hydrogen) atoms. The van der Waals surface area contributed by atoms with Crippen LogP contribution in [0.2, 0.25) is 0 Å². The van der Waals surface area contributed by atoms with Crippen LogP contribution in [0.4, 0.5) is 0 Å². The Bertz CT molecular complexity index is 899. The molecule has 1 aliphatic rings. The summed E-state index contributed by atoms with van der Waals surface area (Å²) in [6, 6.07) is 8.21. The Morgan fingerprint density at radius 3 is 2.81 bits per heavy atom. The van der Waals surface area contributed by atoms with E-state index in [1.807, 2.05) is 24.1 Å². The zero-order valence-corrected chi connectivity index (χ0v) is 14.8. The normalized spacial score (nSPS) is 15.3. The summed E-state index contributed by atoms with van der Waals surface area (Å²) < 4.78 is 7.93. The standard InChI is InChI=1S/C20H22N4O2/c1-23-14-15(17-4-2-3-5-18(17)23)12-20(25)24-10-6-16(7-11-24)26-19-13-21-8-9-22-19/h2-5,8-9,13-14,16H,6-7,10-12H2,1H3. The summed E-state index contributed by atoms with van der Waals surface area (Å²) in [7, 11) is 2.02. The van der Waals surface area contributed by atoms with Crippen molar-refractivity contribution in [2.75, 3.05) is 13.1 Å². The second-order valence-corrected chi connectivity index (χ2v) is 6.70. The van der Waals surface area contributed by atoms with E-state index in [0.29, 0.717) is 25.4 Å². The van der Waals surface area contributed by atoms with Gasteiger partial charge in [0.15, 0.2) is 0 Å². The van der Waals surface area contributed by atoms with Gasteiger partial charge < -0.3 is 14.2 Å². The number of fused-ring (bicyclic) bond motifs is 1. The van der Waals surface area contributed by atoms with Crippen molar-refractivity contribution in [2.45, 2.75) is 25.4 Å². The number of carbonyl (C=O) groups is 1. The van der Waals surface area contributed by atoms with Gasteiger partial charge in [-0.1, -0.05) is 18.2 Å². The van der Waals surface area contributed by atoms with Crippen molar-refractivity contribution in [1.82, 2.24) is 19.4 Å². The maximum atomic E-state index is 12.7. The second-order valence-electron chi connectivity index (χ2n) is 6.70. The van der Waals surface area contributed by atoms with Crippen LogP contribution >= 0.6 is 0 Å². The van der Waals surface area contributed by atoms with Gasteiger partial charge in [0.2, 0.25) is 11.8 Å². The van der Waals surface area contributed by atoms with Crippen LogP contribution in [0.3, 0.4) is 0 Å². The van der Waals surface area contributed by atoms with Crippen molar-refractivity contribution >= 4 is 16.8 Å². The number of ether oxygens (including phenoxy) is 1. The molecule has 134 valence electrons. The molecule has 0 bridgehead atoms. The van der Waals surface area contributed by atoms with Gasteiger partial charge in [0.1, 0.15) is 6.10 Å². The quantitative estimate of drug-likeness (QED) is 0.726. The lowest BCUT2D eigenvalue weighted by atomic mass is 10.1. The van der Waals surface area contributed by atoms with E-state index in [9.17, 15) is 4.79 Å². The van der Waals surface area contributed by atoms with Crippen LogP contribution in [-0.2, 0) is 18.3 Å². The van der Waals surface area contributed by atoms with Crippen LogP contribution in [0.25, 0.3) is 10.9 Å². The third-order valence-electron chi connectivity index (χ3n) is 4.94. The molecule has 0 spiro atoms. The van der Waals surface area contributed by atoms with Gasteiger partial charge in [-0.2, -0.15) is 0 Å². The molecule has 2 aromatic heterocycles. The number of para-hydroxylation sites is 1. The van der Waals surface area contributed by atoms with Gasteiger partial charge in [0.25, 0.3) is 0 Å². The van der Waals surface area contributed by atoms with Crippen LogP contribution in [0.5, 0.6) is 5.88 Å². The molecule has 0 saturated carbocycles. The van der Waals surface area contributed by atoms with E-state index in [0.717, 1.165) is 29.3 Å². The number of amides is 1. The average Bonchev–Trinajstić information content (AvgIpc) is 2.99. The Morgan fingerprint density at radius 1 is 1.23 bits per heavy atom. The number of likely N-dealkylation sites (tertiary alicyclic amines) is 1. The van der Waals surface area contributed by atoms with Crippen LogP contribution < -0.4 is 4.74 Å². The molecule has 0 radical (unpaired) electrons. The Labute approximate surface area is 152 Å². The SMILES string of the molecule is Cn1cc(CC(=O)N2CCC(Oc3cnccn3)CC2)c2ccccc21. The summed E-state index contributed by atoms with van der Waals surface area (Å²) >= 11 is 0. The highest BCUT2D eigenvalue weighted by atomic mass is 16.5. The lowest BCUT2D eigenvalue weighted by molar-refractivity contribution is -0.132. The van der Waals surface area contributed by atoms with Crippen molar-refractivity contribution in [1.29, 1.82) is 0 Å². The van der Waals surface area contributed by atoms with E-state index in [4.69, 9.17) is 4.74 Å². The third kappa shape index (κ3) is 3.40. The van der Waals surface area contributed by atoms with E-state index in [1.165, 1.54) is 0 Å². The van der Waals surface area contributed by atoms with Gasteiger partial charge in [0.05, 0.1) is 12.6 Å². The highest BCUT2D eigenvalue weighted by Crippen LogP contribution is 2.22. The molecule has 1 saturated heterocycles. The van der Waals surface area contributed by atoms with Crippen molar-refractivity contribution in [3.8, 4) is 5.88 Å². The van der Waals surface area contributed by atoms with E-state index in [1.54, 1.807) is 18.6 Å². The van der Waals surface area contributed by atoms with Crippen molar-refractivity contribution in [2.24, 2.45) is 7.05 Å². The predicted octanol–water partition coefficient (Wildman–Crippen LogP) is 2.58. The minimum atomic E-state index is 0.0910. The Kier molecular flexibility index (Phi) is 4.56. The van der Waals surface area contributed by atoms with E-state index < -0.39 is 0 Å². The number of rotatable bonds is 4. The fourth-order valence-corrected chi connectivity index (χ4v) is 3.58. The van der Waals surface area contributed by atoms with E-state index in [-0.39, 0.29) is 12.0 Å². The van der Waals surface area contributed by atoms with Gasteiger partial charge in [-0.25, -0.2) is 4.98 Å². The van der Waals surface area contributed by atoms with Gasteiger partial charge >= 0.3 is 0 Å². The first kappa shape index (κ1) is 16.6. The van der Waals surface area contributed by atoms with Crippen LogP contribution in [0.15, 0.2) is 49.1 Å². The fraction of sp³-hybridized carbons (Fsp3) is 0.350. The number of carbonyl (C=O) groups excluding carboxylic acids is 1. The third-order valence-corrected chi connectivity index (χ3v) is 4.94. The number of aryl methyl sites for hydroxylation is 1. The lowest BCUT2D eigenvalue weighted by Gasteiger charge is -2.31. The van der Waals surface area contributed by atoms with Crippen molar-refractivity contribution in [3.05, 3.63) is 54.6 Å². The highest BCUT2D eigenvalue weighted by Gasteiger charge is 2.25. The molecule has 1 aliphatic heterocycles. The summed E-state index contributed by atoms with van der Waals surface area (Å²) in [5, 5.41) is 1.16. The second kappa shape index (κ2) is 7.15. The molecule has 0 aliphatic carbocycles. The maximum absolute atomic E-state index is 12.7.